The monoisotopic (exact) mass is 445 g/mol. The van der Waals surface area contributed by atoms with Gasteiger partial charge in [0.05, 0.1) is 24.1 Å². The number of rotatable bonds is 8. The van der Waals surface area contributed by atoms with Crippen LogP contribution in [0.3, 0.4) is 0 Å². The molecule has 1 aromatic carbocycles. The summed E-state index contributed by atoms with van der Waals surface area (Å²) in [6.45, 7) is 3.14. The average molecular weight is 446 g/mol. The average Bonchev–Trinajstić information content (AvgIpc) is 2.86. The number of aromatic nitrogens is 2. The molecule has 1 saturated heterocycles. The fourth-order valence-corrected chi connectivity index (χ4v) is 3.97. The summed E-state index contributed by atoms with van der Waals surface area (Å²) < 4.78 is 13.1. The van der Waals surface area contributed by atoms with Gasteiger partial charge in [0.25, 0.3) is 0 Å². The van der Waals surface area contributed by atoms with Crippen molar-refractivity contribution in [2.24, 2.45) is 15.9 Å². The maximum atomic E-state index is 13.1. The molecule has 7 nitrogen and oxygen atoms in total. The number of nitrogens with one attached hydrogen (secondary N) is 1. The number of nitrogens with zero attached hydrogens (tertiary/aromatic N) is 5. The highest BCUT2D eigenvalue weighted by atomic mass is 19.1. The molecular weight excluding hydrogens is 417 g/mol. The molecule has 0 radical (unpaired) electrons. The zero-order valence-corrected chi connectivity index (χ0v) is 18.4. The normalized spacial score (nSPS) is 15.7. The van der Waals surface area contributed by atoms with E-state index in [2.05, 4.69) is 42.4 Å². The van der Waals surface area contributed by atoms with Crippen molar-refractivity contribution in [3.05, 3.63) is 84.1 Å². The Hall–Kier alpha value is -3.65. The molecule has 0 unspecified atom stereocenters. The van der Waals surface area contributed by atoms with Crippen molar-refractivity contribution in [2.45, 2.75) is 25.3 Å². The van der Waals surface area contributed by atoms with Crippen molar-refractivity contribution in [1.29, 1.82) is 0 Å². The van der Waals surface area contributed by atoms with Gasteiger partial charge in [-0.3, -0.25) is 14.9 Å². The Morgan fingerprint density at radius 2 is 2.00 bits per heavy atom. The van der Waals surface area contributed by atoms with Crippen LogP contribution in [-0.2, 0) is 6.54 Å². The first-order valence-electron chi connectivity index (χ1n) is 11.1. The fraction of sp³-hybridized carbons (Fsp3) is 0.280. The van der Waals surface area contributed by atoms with Gasteiger partial charge in [0, 0.05) is 24.6 Å². The van der Waals surface area contributed by atoms with Crippen molar-refractivity contribution in [1.82, 2.24) is 14.9 Å². The van der Waals surface area contributed by atoms with Crippen LogP contribution in [0.2, 0.25) is 0 Å². The predicted molar refractivity (Wildman–Crippen MR) is 130 cm³/mol. The molecule has 33 heavy (non-hydrogen) atoms. The van der Waals surface area contributed by atoms with E-state index in [1.54, 1.807) is 18.5 Å². The van der Waals surface area contributed by atoms with Gasteiger partial charge in [0.2, 0.25) is 0 Å². The third kappa shape index (κ3) is 6.66. The first-order valence-corrected chi connectivity index (χ1v) is 11.1. The topological polar surface area (TPSA) is 91.8 Å². The number of hydrogen-bond acceptors (Lipinski definition) is 7. The Morgan fingerprint density at radius 3 is 2.73 bits per heavy atom. The van der Waals surface area contributed by atoms with Gasteiger partial charge in [-0.15, -0.1) is 0 Å². The SMILES string of the molecule is NN=C(C=NCc1ccccn1)CN1CCC(c2cccc(Nc3ccc(F)cn3)c2)CC1. The van der Waals surface area contributed by atoms with E-state index in [0.29, 0.717) is 24.8 Å². The lowest BCUT2D eigenvalue weighted by atomic mass is 9.89. The summed E-state index contributed by atoms with van der Waals surface area (Å²) in [7, 11) is 0. The molecule has 0 spiro atoms. The Kier molecular flexibility index (Phi) is 7.71. The van der Waals surface area contributed by atoms with Crippen molar-refractivity contribution in [3.63, 3.8) is 0 Å². The molecule has 3 N–H and O–H groups in total. The molecule has 1 fully saturated rings. The molecule has 170 valence electrons. The van der Waals surface area contributed by atoms with Gasteiger partial charge in [0.15, 0.2) is 0 Å². The van der Waals surface area contributed by atoms with Crippen LogP contribution in [0, 0.1) is 5.82 Å². The maximum Gasteiger partial charge on any atom is 0.141 e. The Balaban J connectivity index is 1.28. The van der Waals surface area contributed by atoms with Gasteiger partial charge in [0.1, 0.15) is 11.6 Å². The molecule has 1 aliphatic heterocycles. The van der Waals surface area contributed by atoms with Gasteiger partial charge in [-0.1, -0.05) is 18.2 Å². The van der Waals surface area contributed by atoms with Crippen LogP contribution in [-0.4, -0.2) is 46.4 Å². The highest BCUT2D eigenvalue weighted by Gasteiger charge is 2.21. The minimum Gasteiger partial charge on any atom is -0.340 e. The number of anilines is 2. The summed E-state index contributed by atoms with van der Waals surface area (Å²) in [6, 6.07) is 17.2. The zero-order valence-electron chi connectivity index (χ0n) is 18.4. The lowest BCUT2D eigenvalue weighted by molar-refractivity contribution is 0.239. The molecule has 3 aromatic rings. The minimum absolute atomic E-state index is 0.344. The largest absolute Gasteiger partial charge is 0.340 e. The molecule has 1 aliphatic rings. The fourth-order valence-electron chi connectivity index (χ4n) is 3.97. The number of aliphatic imine (C=N–C) groups is 1. The van der Waals surface area contributed by atoms with E-state index < -0.39 is 0 Å². The van der Waals surface area contributed by atoms with Crippen LogP contribution < -0.4 is 11.2 Å². The third-order valence-corrected chi connectivity index (χ3v) is 5.72. The first-order chi connectivity index (χ1) is 16.2. The van der Waals surface area contributed by atoms with Crippen molar-refractivity contribution < 1.29 is 4.39 Å². The number of hydrazone groups is 1. The summed E-state index contributed by atoms with van der Waals surface area (Å²) >= 11 is 0. The van der Waals surface area contributed by atoms with E-state index in [-0.39, 0.29) is 5.82 Å². The number of benzene rings is 1. The smallest absolute Gasteiger partial charge is 0.141 e. The molecule has 2 aromatic heterocycles. The van der Waals surface area contributed by atoms with E-state index in [9.17, 15) is 4.39 Å². The molecule has 4 rings (SSSR count). The number of piperidine rings is 1. The van der Waals surface area contributed by atoms with Crippen LogP contribution in [0.1, 0.15) is 30.0 Å². The lowest BCUT2D eigenvalue weighted by Gasteiger charge is -2.32. The van der Waals surface area contributed by atoms with E-state index in [0.717, 1.165) is 43.0 Å². The van der Waals surface area contributed by atoms with Crippen molar-refractivity contribution in [2.75, 3.05) is 25.0 Å². The second-order valence-electron chi connectivity index (χ2n) is 8.07. The molecule has 0 bridgehead atoms. The van der Waals surface area contributed by atoms with E-state index in [1.807, 2.05) is 30.3 Å². The van der Waals surface area contributed by atoms with Gasteiger partial charge >= 0.3 is 0 Å². The van der Waals surface area contributed by atoms with Crippen LogP contribution in [0.5, 0.6) is 0 Å². The minimum atomic E-state index is -0.344. The van der Waals surface area contributed by atoms with E-state index >= 15 is 0 Å². The molecule has 8 heteroatoms. The molecule has 0 amide bonds. The standard InChI is InChI=1S/C25H28FN7/c26-21-7-8-25(30-15-21)31-22-6-3-4-20(14-22)19-9-12-33(13-10-19)18-24(32-27)17-28-16-23-5-1-2-11-29-23/h1-8,11,14-15,17,19H,9-10,12-13,16,18,27H2,(H,30,31). The summed E-state index contributed by atoms with van der Waals surface area (Å²) in [4.78, 5) is 15.1. The first kappa shape index (κ1) is 22.5. The Bertz CT molecular complexity index is 1080. The molecule has 3 heterocycles. The highest BCUT2D eigenvalue weighted by Crippen LogP contribution is 2.30. The summed E-state index contributed by atoms with van der Waals surface area (Å²) in [5.41, 5.74) is 3.93. The van der Waals surface area contributed by atoms with Gasteiger partial charge in [-0.05, 0) is 73.8 Å². The highest BCUT2D eigenvalue weighted by molar-refractivity contribution is 6.31. The number of halogens is 1. The number of likely N-dealkylation sites (tertiary alicyclic amines) is 1. The van der Waals surface area contributed by atoms with E-state index in [4.69, 9.17) is 5.84 Å². The van der Waals surface area contributed by atoms with Gasteiger partial charge in [-0.2, -0.15) is 5.10 Å². The zero-order chi connectivity index (χ0) is 22.9. The molecular formula is C25H28FN7. The predicted octanol–water partition coefficient (Wildman–Crippen LogP) is 4.12. The lowest BCUT2D eigenvalue weighted by Crippen LogP contribution is -2.37. The second-order valence-corrected chi connectivity index (χ2v) is 8.07. The third-order valence-electron chi connectivity index (χ3n) is 5.72. The molecule has 0 atom stereocenters. The van der Waals surface area contributed by atoms with Crippen LogP contribution in [0.4, 0.5) is 15.9 Å². The second kappa shape index (κ2) is 11.3. The Morgan fingerprint density at radius 1 is 1.12 bits per heavy atom. The maximum absolute atomic E-state index is 13.1. The summed E-state index contributed by atoms with van der Waals surface area (Å²) in [5, 5.41) is 7.16. The van der Waals surface area contributed by atoms with Crippen LogP contribution >= 0.6 is 0 Å². The van der Waals surface area contributed by atoms with Gasteiger partial charge in [-0.25, -0.2) is 9.37 Å². The van der Waals surface area contributed by atoms with E-state index in [1.165, 1.54) is 17.8 Å². The molecule has 0 aliphatic carbocycles. The number of pyridine rings is 2. The van der Waals surface area contributed by atoms with Gasteiger partial charge < -0.3 is 11.2 Å². The molecule has 0 saturated carbocycles. The van der Waals surface area contributed by atoms with Crippen LogP contribution in [0.25, 0.3) is 0 Å². The quantitative estimate of drug-likeness (QED) is 0.309. The number of nitrogens with two attached hydrogens (primary N) is 1. The summed E-state index contributed by atoms with van der Waals surface area (Å²) in [6.07, 6.45) is 6.84. The van der Waals surface area contributed by atoms with Crippen molar-refractivity contribution >= 4 is 23.4 Å². The number of hydrogen-bond donors (Lipinski definition) is 2. The Labute approximate surface area is 193 Å². The van der Waals surface area contributed by atoms with Crippen LogP contribution in [0.15, 0.2) is 77.1 Å². The van der Waals surface area contributed by atoms with Crippen molar-refractivity contribution in [3.8, 4) is 0 Å². The summed E-state index contributed by atoms with van der Waals surface area (Å²) in [5.74, 6) is 6.37.